The molecule has 2 fully saturated rings. The van der Waals surface area contributed by atoms with Gasteiger partial charge in [-0.15, -0.1) is 0 Å². The molecular formula is C17H23N5O4S. The molecule has 2 saturated heterocycles. The molecular weight excluding hydrogens is 370 g/mol. The fourth-order valence-electron chi connectivity index (χ4n) is 3.60. The molecule has 0 spiro atoms. The van der Waals surface area contributed by atoms with E-state index < -0.39 is 15.1 Å². The number of benzene rings is 1. The standard InChI is InChI=1S/C17H23N5O4S/c18-14-15-5-6-16(17(13-15)22(23)24)19-9-11-21(12-10-19)27(25,26)20-7-3-1-2-4-8-20/h5-6,13H,1-4,7-12H2. The van der Waals surface area contributed by atoms with Crippen LogP contribution in [-0.4, -0.2) is 61.2 Å². The summed E-state index contributed by atoms with van der Waals surface area (Å²) in [6.07, 6.45) is 3.89. The first-order chi connectivity index (χ1) is 12.9. The first-order valence-corrected chi connectivity index (χ1v) is 10.5. The summed E-state index contributed by atoms with van der Waals surface area (Å²) in [5, 5.41) is 20.3. The van der Waals surface area contributed by atoms with Crippen LogP contribution >= 0.6 is 0 Å². The smallest absolute Gasteiger partial charge is 0.293 e. The van der Waals surface area contributed by atoms with Crippen LogP contribution in [0.3, 0.4) is 0 Å². The normalized spacial score (nSPS) is 20.0. The first-order valence-electron chi connectivity index (χ1n) is 9.12. The Morgan fingerprint density at radius 2 is 1.56 bits per heavy atom. The van der Waals surface area contributed by atoms with Crippen LogP contribution in [-0.2, 0) is 10.2 Å². The maximum atomic E-state index is 12.9. The molecule has 0 atom stereocenters. The highest BCUT2D eigenvalue weighted by Gasteiger charge is 2.33. The topological polar surface area (TPSA) is 111 Å². The molecule has 10 heteroatoms. The van der Waals surface area contributed by atoms with Gasteiger partial charge in [0.2, 0.25) is 0 Å². The average Bonchev–Trinajstić information content (AvgIpc) is 2.97. The third kappa shape index (κ3) is 4.21. The molecule has 0 saturated carbocycles. The molecule has 2 heterocycles. The van der Waals surface area contributed by atoms with Crippen molar-refractivity contribution >= 4 is 21.6 Å². The van der Waals surface area contributed by atoms with Crippen LogP contribution in [0.25, 0.3) is 0 Å². The number of nitrogens with zero attached hydrogens (tertiary/aromatic N) is 5. The molecule has 0 radical (unpaired) electrons. The average molecular weight is 393 g/mol. The van der Waals surface area contributed by atoms with E-state index >= 15 is 0 Å². The highest BCUT2D eigenvalue weighted by Crippen LogP contribution is 2.30. The minimum Gasteiger partial charge on any atom is -0.363 e. The predicted molar refractivity (Wildman–Crippen MR) is 101 cm³/mol. The van der Waals surface area contributed by atoms with Gasteiger partial charge in [0.05, 0.1) is 16.6 Å². The Hall–Kier alpha value is -2.22. The van der Waals surface area contributed by atoms with Crippen LogP contribution in [0.4, 0.5) is 11.4 Å². The van der Waals surface area contributed by atoms with Gasteiger partial charge in [-0.1, -0.05) is 12.8 Å². The number of hydrogen-bond acceptors (Lipinski definition) is 6. The fraction of sp³-hybridized carbons (Fsp3) is 0.588. The van der Waals surface area contributed by atoms with Crippen molar-refractivity contribution < 1.29 is 13.3 Å². The lowest BCUT2D eigenvalue weighted by Gasteiger charge is -2.37. The van der Waals surface area contributed by atoms with Crippen LogP contribution in [0.2, 0.25) is 0 Å². The monoisotopic (exact) mass is 393 g/mol. The van der Waals surface area contributed by atoms with Gasteiger partial charge < -0.3 is 4.90 Å². The van der Waals surface area contributed by atoms with Crippen molar-refractivity contribution in [3.63, 3.8) is 0 Å². The van der Waals surface area contributed by atoms with Gasteiger partial charge in [-0.2, -0.15) is 22.3 Å². The Kier molecular flexibility index (Phi) is 5.94. The van der Waals surface area contributed by atoms with E-state index in [1.54, 1.807) is 16.4 Å². The first kappa shape index (κ1) is 19.5. The maximum Gasteiger partial charge on any atom is 0.293 e. The van der Waals surface area contributed by atoms with Gasteiger partial charge in [-0.3, -0.25) is 10.1 Å². The number of nitriles is 1. The van der Waals surface area contributed by atoms with Crippen molar-refractivity contribution in [2.45, 2.75) is 25.7 Å². The van der Waals surface area contributed by atoms with Gasteiger partial charge >= 0.3 is 0 Å². The zero-order valence-electron chi connectivity index (χ0n) is 15.1. The number of hydrogen-bond donors (Lipinski definition) is 0. The van der Waals surface area contributed by atoms with Crippen LogP contribution in [0.1, 0.15) is 31.2 Å². The number of nitro groups is 1. The van der Waals surface area contributed by atoms with E-state index in [0.29, 0.717) is 31.9 Å². The Labute approximate surface area is 159 Å². The minimum atomic E-state index is -3.49. The summed E-state index contributed by atoms with van der Waals surface area (Å²) in [5.74, 6) is 0. The molecule has 0 amide bonds. The predicted octanol–water partition coefficient (Wildman–Crippen LogP) is 1.71. The molecule has 0 aromatic heterocycles. The van der Waals surface area contributed by atoms with Crippen molar-refractivity contribution in [1.29, 1.82) is 5.26 Å². The zero-order valence-corrected chi connectivity index (χ0v) is 15.9. The van der Waals surface area contributed by atoms with E-state index in [9.17, 15) is 18.5 Å². The van der Waals surface area contributed by atoms with Crippen molar-refractivity contribution in [2.24, 2.45) is 0 Å². The Bertz CT molecular complexity index is 835. The van der Waals surface area contributed by atoms with Crippen molar-refractivity contribution in [3.05, 3.63) is 33.9 Å². The second kappa shape index (κ2) is 8.21. The fourth-order valence-corrected chi connectivity index (χ4v) is 5.27. The molecule has 146 valence electrons. The second-order valence-corrected chi connectivity index (χ2v) is 8.71. The molecule has 27 heavy (non-hydrogen) atoms. The van der Waals surface area contributed by atoms with Crippen LogP contribution in [0, 0.1) is 21.4 Å². The second-order valence-electron chi connectivity index (χ2n) is 6.78. The highest BCUT2D eigenvalue weighted by molar-refractivity contribution is 7.86. The summed E-state index contributed by atoms with van der Waals surface area (Å²) in [7, 11) is -3.49. The SMILES string of the molecule is N#Cc1ccc(N2CCN(S(=O)(=O)N3CCCCCC3)CC2)c([N+](=O)[O-])c1. The molecule has 0 aliphatic carbocycles. The van der Waals surface area contributed by atoms with Gasteiger partial charge in [-0.25, -0.2) is 0 Å². The maximum absolute atomic E-state index is 12.9. The van der Waals surface area contributed by atoms with E-state index in [1.165, 1.54) is 10.4 Å². The van der Waals surface area contributed by atoms with E-state index in [-0.39, 0.29) is 24.3 Å². The van der Waals surface area contributed by atoms with Gasteiger partial charge in [0.1, 0.15) is 5.69 Å². The lowest BCUT2D eigenvalue weighted by Crippen LogP contribution is -2.53. The third-order valence-corrected chi connectivity index (χ3v) is 7.13. The number of nitro benzene ring substituents is 1. The number of rotatable bonds is 4. The minimum absolute atomic E-state index is 0.127. The summed E-state index contributed by atoms with van der Waals surface area (Å²) in [5.41, 5.74) is 0.525. The van der Waals surface area contributed by atoms with E-state index in [4.69, 9.17) is 5.26 Å². The molecule has 1 aromatic rings. The molecule has 0 bridgehead atoms. The van der Waals surface area contributed by atoms with Gasteiger partial charge in [0.25, 0.3) is 15.9 Å². The van der Waals surface area contributed by atoms with Gasteiger partial charge in [-0.05, 0) is 25.0 Å². The van der Waals surface area contributed by atoms with Crippen LogP contribution in [0.15, 0.2) is 18.2 Å². The molecule has 2 aliphatic heterocycles. The van der Waals surface area contributed by atoms with Crippen molar-refractivity contribution in [3.8, 4) is 6.07 Å². The van der Waals surface area contributed by atoms with E-state index in [2.05, 4.69) is 0 Å². The molecule has 9 nitrogen and oxygen atoms in total. The van der Waals surface area contributed by atoms with Crippen LogP contribution in [0.5, 0.6) is 0 Å². The van der Waals surface area contributed by atoms with Crippen molar-refractivity contribution in [1.82, 2.24) is 8.61 Å². The van der Waals surface area contributed by atoms with E-state index in [0.717, 1.165) is 25.7 Å². The Morgan fingerprint density at radius 1 is 0.963 bits per heavy atom. The summed E-state index contributed by atoms with van der Waals surface area (Å²) in [6.45, 7) is 2.44. The molecule has 3 rings (SSSR count). The van der Waals surface area contributed by atoms with Gasteiger partial charge in [0, 0.05) is 45.3 Å². The lowest BCUT2D eigenvalue weighted by atomic mass is 10.1. The number of piperazine rings is 1. The quantitative estimate of drug-likeness (QED) is 0.569. The highest BCUT2D eigenvalue weighted by atomic mass is 32.2. The number of anilines is 1. The molecule has 0 N–H and O–H groups in total. The summed E-state index contributed by atoms with van der Waals surface area (Å²) in [4.78, 5) is 12.7. The Balaban J connectivity index is 1.72. The molecule has 1 aromatic carbocycles. The summed E-state index contributed by atoms with van der Waals surface area (Å²) < 4.78 is 28.8. The summed E-state index contributed by atoms with van der Waals surface area (Å²) in [6, 6.07) is 6.27. The Morgan fingerprint density at radius 3 is 2.11 bits per heavy atom. The van der Waals surface area contributed by atoms with Crippen LogP contribution < -0.4 is 4.90 Å². The summed E-state index contributed by atoms with van der Waals surface area (Å²) >= 11 is 0. The lowest BCUT2D eigenvalue weighted by molar-refractivity contribution is -0.384. The molecule has 2 aliphatic rings. The largest absolute Gasteiger partial charge is 0.363 e. The molecule has 0 unspecified atom stereocenters. The van der Waals surface area contributed by atoms with Crippen molar-refractivity contribution in [2.75, 3.05) is 44.2 Å². The van der Waals surface area contributed by atoms with E-state index in [1.807, 2.05) is 11.0 Å². The van der Waals surface area contributed by atoms with Gasteiger partial charge in [0.15, 0.2) is 0 Å². The third-order valence-electron chi connectivity index (χ3n) is 5.10. The zero-order chi connectivity index (χ0) is 19.4.